The van der Waals surface area contributed by atoms with Gasteiger partial charge in [-0.05, 0) is 132 Å². The first kappa shape index (κ1) is 75.1. The lowest BCUT2D eigenvalue weighted by Crippen LogP contribution is -2.18. The molecule has 1 aliphatic rings. The van der Waals surface area contributed by atoms with Crippen LogP contribution in [0.3, 0.4) is 0 Å². The molecule has 0 N–H and O–H groups in total. The Morgan fingerprint density at radius 2 is 0.554 bits per heavy atom. The maximum atomic E-state index is 12.9. The minimum atomic E-state index is -0.733. The highest BCUT2D eigenvalue weighted by molar-refractivity contribution is 5.91. The molecular formula is C76H104O16. The number of fused-ring (bicyclic) bond motifs is 8. The third-order valence-electron chi connectivity index (χ3n) is 16.1. The highest BCUT2D eigenvalue weighted by Crippen LogP contribution is 2.42. The number of aryl methyl sites for hydroxylation is 4. The molecule has 0 amide bonds. The molecule has 92 heavy (non-hydrogen) atoms. The van der Waals surface area contributed by atoms with Gasteiger partial charge in [0.1, 0.15) is 88.7 Å². The minimum absolute atomic E-state index is 0.0332. The zero-order chi connectivity index (χ0) is 66.6. The first-order valence-electron chi connectivity index (χ1n) is 33.7. The number of benzene rings is 4. The largest absolute Gasteiger partial charge is 0.489 e. The van der Waals surface area contributed by atoms with Crippen LogP contribution in [0.5, 0.6) is 23.0 Å². The van der Waals surface area contributed by atoms with E-state index < -0.39 is 48.7 Å². The molecule has 0 saturated carbocycles. The minimum Gasteiger partial charge on any atom is -0.489 e. The highest BCUT2D eigenvalue weighted by atomic mass is 16.6. The van der Waals surface area contributed by atoms with Crippen molar-refractivity contribution in [3.63, 3.8) is 0 Å². The molecule has 0 aliphatic heterocycles. The number of carbonyl (C=O) groups excluding carboxylic acids is 6. The van der Waals surface area contributed by atoms with E-state index in [0.717, 1.165) is 195 Å². The Morgan fingerprint density at radius 1 is 0.326 bits per heavy atom. The first-order valence-corrected chi connectivity index (χ1v) is 33.7. The Labute approximate surface area is 547 Å². The number of methoxy groups -OCH3 is 2. The van der Waals surface area contributed by atoms with Gasteiger partial charge >= 0.3 is 35.8 Å². The molecule has 1 aliphatic carbocycles. The van der Waals surface area contributed by atoms with Crippen LogP contribution in [-0.4, -0.2) is 103 Å². The fourth-order valence-electron chi connectivity index (χ4n) is 11.4. The van der Waals surface area contributed by atoms with Crippen molar-refractivity contribution in [3.8, 4) is 23.0 Å². The molecule has 504 valence electrons. The van der Waals surface area contributed by atoms with Crippen molar-refractivity contribution in [3.05, 3.63) is 140 Å². The average molecular weight is 1270 g/mol. The Bertz CT molecular complexity index is 2760. The van der Waals surface area contributed by atoms with Gasteiger partial charge in [0.25, 0.3) is 0 Å². The number of rotatable bonds is 42. The molecule has 0 saturated heterocycles. The Balaban J connectivity index is 1.93. The average Bonchev–Trinajstić information content (AvgIpc) is 0.810. The van der Waals surface area contributed by atoms with Crippen LogP contribution in [0.2, 0.25) is 0 Å². The smallest absolute Gasteiger partial charge is 0.333 e. The number of hydrogen-bond donors (Lipinski definition) is 0. The summed E-state index contributed by atoms with van der Waals surface area (Å²) in [7, 11) is 2.44. The fourth-order valence-corrected chi connectivity index (χ4v) is 11.4. The summed E-state index contributed by atoms with van der Waals surface area (Å²) >= 11 is 0. The lowest BCUT2D eigenvalue weighted by molar-refractivity contribution is -0.155. The van der Waals surface area contributed by atoms with Crippen LogP contribution in [0.15, 0.2) is 72.8 Å². The van der Waals surface area contributed by atoms with Crippen LogP contribution >= 0.6 is 0 Å². The van der Waals surface area contributed by atoms with Gasteiger partial charge in [-0.2, -0.15) is 0 Å². The Hall–Kier alpha value is -7.62. The van der Waals surface area contributed by atoms with Crippen LogP contribution in [0.1, 0.15) is 224 Å². The molecule has 0 spiro atoms. The number of unbranched alkanes of at least 4 members (excludes halogenated alkanes) is 12. The van der Waals surface area contributed by atoms with Gasteiger partial charge in [0.05, 0.1) is 14.2 Å². The van der Waals surface area contributed by atoms with Gasteiger partial charge in [-0.25, -0.2) is 9.59 Å². The lowest BCUT2D eigenvalue weighted by atomic mass is 9.87. The summed E-state index contributed by atoms with van der Waals surface area (Å²) in [6.07, 6.45) is 20.3. The fraction of sp³-hybridized carbons (Fsp3) is 0.553. The maximum absolute atomic E-state index is 12.9. The van der Waals surface area contributed by atoms with E-state index in [1.54, 1.807) is 13.8 Å². The van der Waals surface area contributed by atoms with Crippen molar-refractivity contribution in [1.82, 2.24) is 0 Å². The summed E-state index contributed by atoms with van der Waals surface area (Å²) in [4.78, 5) is 75.7. The summed E-state index contributed by atoms with van der Waals surface area (Å²) in [6.45, 7) is 19.2. The molecule has 8 bridgehead atoms. The molecule has 0 radical (unpaired) electrons. The molecular weight excluding hydrogens is 1170 g/mol. The summed E-state index contributed by atoms with van der Waals surface area (Å²) < 4.78 is 59.9. The molecule has 5 rings (SSSR count). The van der Waals surface area contributed by atoms with E-state index in [-0.39, 0.29) is 64.0 Å². The molecule has 16 heteroatoms. The molecule has 0 heterocycles. The molecule has 0 atom stereocenters. The van der Waals surface area contributed by atoms with Crippen LogP contribution in [0, 0.1) is 0 Å². The van der Waals surface area contributed by atoms with Crippen molar-refractivity contribution in [2.75, 3.05) is 67.1 Å². The highest BCUT2D eigenvalue weighted by Gasteiger charge is 2.26. The summed E-state index contributed by atoms with van der Waals surface area (Å²) in [5.74, 6) is -1.47. The van der Waals surface area contributed by atoms with E-state index in [9.17, 15) is 28.8 Å². The zero-order valence-corrected chi connectivity index (χ0v) is 56.6. The van der Waals surface area contributed by atoms with E-state index in [0.29, 0.717) is 48.7 Å². The molecule has 16 nitrogen and oxygen atoms in total. The van der Waals surface area contributed by atoms with E-state index in [1.807, 2.05) is 0 Å². The summed E-state index contributed by atoms with van der Waals surface area (Å²) in [6, 6.07) is 17.8. The number of hydrogen-bond acceptors (Lipinski definition) is 16. The number of esters is 6. The topological polar surface area (TPSA) is 195 Å². The zero-order valence-electron chi connectivity index (χ0n) is 56.6. The predicted molar refractivity (Wildman–Crippen MR) is 357 cm³/mol. The van der Waals surface area contributed by atoms with Crippen molar-refractivity contribution >= 4 is 35.8 Å². The third-order valence-corrected chi connectivity index (χ3v) is 16.1. The Kier molecular flexibility index (Phi) is 34.1. The SMILES string of the molecule is C=C(C)C(=O)OCCOc1c2cc(CCCCCC)cc1Cc1cc(CCCCCC)cc(c1OCCOC(=O)CC(=O)OC)Cc1cc(CCCCCC)cc(c1OCCOC(=O)C(=C)C)Cc1cc(CCCCCC)cc(c1OCCOC(=O)CC(=O)OC)C2. The van der Waals surface area contributed by atoms with Gasteiger partial charge in [-0.1, -0.05) is 166 Å². The van der Waals surface area contributed by atoms with E-state index in [4.69, 9.17) is 47.4 Å². The normalized spacial score (nSPS) is 11.7. The van der Waals surface area contributed by atoms with Gasteiger partial charge in [-0.15, -0.1) is 0 Å². The Morgan fingerprint density at radius 3 is 0.761 bits per heavy atom. The van der Waals surface area contributed by atoms with E-state index in [2.05, 4.69) is 89.4 Å². The van der Waals surface area contributed by atoms with Gasteiger partial charge in [0, 0.05) is 36.8 Å². The van der Waals surface area contributed by atoms with Crippen LogP contribution in [-0.2, 0) is 109 Å². The predicted octanol–water partition coefficient (Wildman–Crippen LogP) is 14.8. The third kappa shape index (κ3) is 26.2. The maximum Gasteiger partial charge on any atom is 0.333 e. The molecule has 4 aromatic carbocycles. The molecule has 0 fully saturated rings. The van der Waals surface area contributed by atoms with Crippen molar-refractivity contribution < 1.29 is 76.1 Å². The van der Waals surface area contributed by atoms with Crippen molar-refractivity contribution in [1.29, 1.82) is 0 Å². The second kappa shape index (κ2) is 41.8. The number of carbonyl (C=O) groups is 6. The second-order valence-electron chi connectivity index (χ2n) is 24.1. The van der Waals surface area contributed by atoms with E-state index >= 15 is 0 Å². The second-order valence-corrected chi connectivity index (χ2v) is 24.1. The quantitative estimate of drug-likeness (QED) is 0.0118. The standard InChI is InChI=1S/C76H104O16/c1-11-15-19-23-27-55-39-59-47-63-43-57(29-25-21-17-13-3)45-65(73(63)89-35-37-91-75(81)53(5)6)49-61-41-56(28-24-20-16-12-2)42-62(72(61)88-34-32-86-70(80)52-68(78)84-10)50-66-46-58(30-26-22-18-14-4)44-64(74(66)90-36-38-92-76(82)54(7)8)48-60(40-55)71(59)87-33-31-85-69(79)51-67(77)83-9/h39-46H,5,7,11-38,47-52H2,1-4,6,8-10H3. The lowest BCUT2D eigenvalue weighted by Gasteiger charge is -2.25. The number of ether oxygens (including phenoxy) is 10. The van der Waals surface area contributed by atoms with Gasteiger partial charge < -0.3 is 47.4 Å². The monoisotopic (exact) mass is 1270 g/mol. The molecule has 0 aromatic heterocycles. The van der Waals surface area contributed by atoms with Crippen LogP contribution in [0.25, 0.3) is 0 Å². The summed E-state index contributed by atoms with van der Waals surface area (Å²) in [5.41, 5.74) is 12.1. The molecule has 0 unspecified atom stereocenters. The van der Waals surface area contributed by atoms with Gasteiger partial charge in [0.15, 0.2) is 0 Å². The van der Waals surface area contributed by atoms with Crippen molar-refractivity contribution in [2.45, 2.75) is 208 Å². The molecule has 4 aromatic rings. The van der Waals surface area contributed by atoms with Gasteiger partial charge in [0.2, 0.25) is 0 Å². The van der Waals surface area contributed by atoms with Crippen LogP contribution < -0.4 is 18.9 Å². The van der Waals surface area contributed by atoms with E-state index in [1.165, 1.54) is 14.2 Å². The van der Waals surface area contributed by atoms with Gasteiger partial charge in [-0.3, -0.25) is 19.2 Å². The first-order chi connectivity index (χ1) is 44.5. The summed E-state index contributed by atoms with van der Waals surface area (Å²) in [5, 5.41) is 0. The van der Waals surface area contributed by atoms with Crippen LogP contribution in [0.4, 0.5) is 0 Å². The van der Waals surface area contributed by atoms with Crippen molar-refractivity contribution in [2.24, 2.45) is 0 Å².